The third-order valence-electron chi connectivity index (χ3n) is 2.46. The van der Waals surface area contributed by atoms with Gasteiger partial charge in [-0.25, -0.2) is 5.01 Å². The molecule has 76 valence electrons. The van der Waals surface area contributed by atoms with Gasteiger partial charge >= 0.3 is 0 Å². The number of benzene rings is 1. The van der Waals surface area contributed by atoms with E-state index in [0.29, 0.717) is 5.01 Å². The van der Waals surface area contributed by atoms with Crippen LogP contribution in [0.4, 0.5) is 0 Å². The van der Waals surface area contributed by atoms with Crippen LogP contribution in [0.3, 0.4) is 0 Å². The molecule has 0 unspecified atom stereocenters. The van der Waals surface area contributed by atoms with Crippen LogP contribution in [0, 0.1) is 17.3 Å². The Morgan fingerprint density at radius 1 is 1.60 bits per heavy atom. The molecule has 0 fully saturated rings. The Kier molecular flexibility index (Phi) is 1.83. The number of hydrogen-bond donors (Lipinski definition) is 0. The molecule has 0 aromatic heterocycles. The van der Waals surface area contributed by atoms with Gasteiger partial charge in [0.25, 0.3) is 0 Å². The van der Waals surface area contributed by atoms with E-state index in [0.717, 1.165) is 11.1 Å². The molecule has 0 spiro atoms. The summed E-state index contributed by atoms with van der Waals surface area (Å²) in [7, 11) is 0. The van der Waals surface area contributed by atoms with E-state index in [-0.39, 0.29) is 12.8 Å². The van der Waals surface area contributed by atoms with Gasteiger partial charge in [0.15, 0.2) is 0 Å². The summed E-state index contributed by atoms with van der Waals surface area (Å²) in [5, 5.41) is 3.19. The van der Waals surface area contributed by atoms with Gasteiger partial charge in [-0.3, -0.25) is 0 Å². The lowest BCUT2D eigenvalue weighted by molar-refractivity contribution is 0.234. The van der Waals surface area contributed by atoms with Crippen molar-refractivity contribution in [2.75, 3.05) is 6.50 Å². The second-order valence-corrected chi connectivity index (χ2v) is 3.34. The molecule has 3 nitrogen and oxygen atoms in total. The first-order valence-electron chi connectivity index (χ1n) is 6.11. The molecule has 1 aliphatic rings. The van der Waals surface area contributed by atoms with Gasteiger partial charge in [0.2, 0.25) is 0 Å². The minimum atomic E-state index is -2.36. The molecule has 0 saturated carbocycles. The predicted molar refractivity (Wildman–Crippen MR) is 59.0 cm³/mol. The van der Waals surface area contributed by atoms with Crippen molar-refractivity contribution in [3.05, 3.63) is 40.3 Å². The Balaban J connectivity index is 2.36. The standard InChI is InChI=1S/C12H12N2O/c1-2-7-14(13-15)12-8-10-5-3-4-6-11(10)9-12/h1,3-6,12H,7-9H2/i7D2,12D. The summed E-state index contributed by atoms with van der Waals surface area (Å²) in [6, 6.07) is 5.96. The highest BCUT2D eigenvalue weighted by Crippen LogP contribution is 2.25. The first-order valence-corrected chi connectivity index (χ1v) is 4.61. The van der Waals surface area contributed by atoms with Crippen molar-refractivity contribution in [1.29, 1.82) is 0 Å². The van der Waals surface area contributed by atoms with E-state index < -0.39 is 12.5 Å². The number of terminal acetylenes is 1. The normalized spacial score (nSPS) is 20.3. The molecule has 0 radical (unpaired) electrons. The zero-order valence-electron chi connectivity index (χ0n) is 11.1. The Morgan fingerprint density at radius 3 is 2.67 bits per heavy atom. The molecule has 0 amide bonds. The van der Waals surface area contributed by atoms with Gasteiger partial charge in [0, 0.05) is 0 Å². The summed E-state index contributed by atoms with van der Waals surface area (Å²) >= 11 is 0. The maximum atomic E-state index is 10.9. The van der Waals surface area contributed by atoms with Crippen LogP contribution in [-0.2, 0) is 12.8 Å². The summed E-state index contributed by atoms with van der Waals surface area (Å²) in [6.45, 7) is -2.36. The molecule has 1 aromatic carbocycles. The molecule has 3 heteroatoms. The van der Waals surface area contributed by atoms with Gasteiger partial charge in [-0.15, -0.1) is 11.3 Å². The van der Waals surface area contributed by atoms with Crippen molar-refractivity contribution in [3.8, 4) is 12.3 Å². The SMILES string of the molecule is [2H]C([2H])(C#C)N(N=O)C1([2H])Cc2ccccc2C1. The third-order valence-corrected chi connectivity index (χ3v) is 2.46. The summed E-state index contributed by atoms with van der Waals surface area (Å²) in [4.78, 5) is 10.9. The average Bonchev–Trinajstić information content (AvgIpc) is 2.66. The lowest BCUT2D eigenvalue weighted by Gasteiger charge is -2.19. The maximum Gasteiger partial charge on any atom is 0.100 e. The highest BCUT2D eigenvalue weighted by molar-refractivity contribution is 5.33. The summed E-state index contributed by atoms with van der Waals surface area (Å²) in [5.41, 5.74) is 1.85. The first kappa shape index (κ1) is 6.62. The van der Waals surface area contributed by atoms with Gasteiger partial charge in [0.1, 0.15) is 6.50 Å². The molecule has 0 heterocycles. The number of rotatable bonds is 3. The minimum Gasteiger partial charge on any atom is -0.245 e. The van der Waals surface area contributed by atoms with Gasteiger partial charge in [-0.2, -0.15) is 0 Å². The lowest BCUT2D eigenvalue weighted by Crippen LogP contribution is -2.31. The van der Waals surface area contributed by atoms with Crippen LogP contribution in [0.5, 0.6) is 0 Å². The van der Waals surface area contributed by atoms with Crippen molar-refractivity contribution in [2.24, 2.45) is 5.29 Å². The molecule has 0 aliphatic heterocycles. The van der Waals surface area contributed by atoms with E-state index in [1.54, 1.807) is 0 Å². The quantitative estimate of drug-likeness (QED) is 0.426. The van der Waals surface area contributed by atoms with Crippen LogP contribution >= 0.6 is 0 Å². The maximum absolute atomic E-state index is 10.9. The predicted octanol–water partition coefficient (Wildman–Crippen LogP) is 1.77. The third kappa shape index (κ3) is 1.84. The number of hydrogen-bond acceptors (Lipinski definition) is 2. The fourth-order valence-electron chi connectivity index (χ4n) is 1.77. The molecule has 1 aliphatic carbocycles. The Labute approximate surface area is 93.3 Å². The molecule has 0 saturated heterocycles. The molecule has 0 N–H and O–H groups in total. The molecule has 2 rings (SSSR count). The van der Waals surface area contributed by atoms with Crippen LogP contribution in [0.1, 0.15) is 15.2 Å². The van der Waals surface area contributed by atoms with E-state index in [9.17, 15) is 4.91 Å². The number of nitroso groups, excluding NO2 is 1. The highest BCUT2D eigenvalue weighted by Gasteiger charge is 2.26. The van der Waals surface area contributed by atoms with Gasteiger partial charge < -0.3 is 0 Å². The zero-order chi connectivity index (χ0) is 13.4. The van der Waals surface area contributed by atoms with Crippen LogP contribution < -0.4 is 0 Å². The monoisotopic (exact) mass is 203 g/mol. The molecule has 15 heavy (non-hydrogen) atoms. The van der Waals surface area contributed by atoms with E-state index in [2.05, 4.69) is 5.29 Å². The van der Waals surface area contributed by atoms with Crippen molar-refractivity contribution in [1.82, 2.24) is 5.01 Å². The Bertz CT molecular complexity index is 499. The second kappa shape index (κ2) is 4.14. The molecule has 0 atom stereocenters. The van der Waals surface area contributed by atoms with Crippen LogP contribution in [-0.4, -0.2) is 17.5 Å². The highest BCUT2D eigenvalue weighted by atomic mass is 16.3. The largest absolute Gasteiger partial charge is 0.245 e. The number of nitrogens with zero attached hydrogens (tertiary/aromatic N) is 2. The number of fused-ring (bicyclic) bond motifs is 1. The molecule has 0 bridgehead atoms. The fraction of sp³-hybridized carbons (Fsp3) is 0.333. The van der Waals surface area contributed by atoms with Crippen molar-refractivity contribution in [3.63, 3.8) is 0 Å². The van der Waals surface area contributed by atoms with Gasteiger partial charge in [-0.05, 0) is 24.0 Å². The van der Waals surface area contributed by atoms with Crippen LogP contribution in [0.25, 0.3) is 0 Å². The zero-order valence-corrected chi connectivity index (χ0v) is 8.10. The van der Waals surface area contributed by atoms with E-state index >= 15 is 0 Å². The van der Waals surface area contributed by atoms with Crippen molar-refractivity contribution in [2.45, 2.75) is 18.9 Å². The summed E-state index contributed by atoms with van der Waals surface area (Å²) in [5.74, 6) is 1.87. The average molecular weight is 203 g/mol. The van der Waals surface area contributed by atoms with Gasteiger partial charge in [0.05, 0.1) is 15.4 Å². The molecule has 1 aromatic rings. The summed E-state index contributed by atoms with van der Waals surface area (Å²) < 4.78 is 23.4. The van der Waals surface area contributed by atoms with Crippen LogP contribution in [0.15, 0.2) is 29.6 Å². The van der Waals surface area contributed by atoms with Gasteiger partial charge in [-0.1, -0.05) is 30.2 Å². The summed E-state index contributed by atoms with van der Waals surface area (Å²) in [6.07, 6.45) is 5.53. The van der Waals surface area contributed by atoms with Crippen molar-refractivity contribution >= 4 is 0 Å². The topological polar surface area (TPSA) is 32.7 Å². The van der Waals surface area contributed by atoms with E-state index in [1.165, 1.54) is 0 Å². The second-order valence-electron chi connectivity index (χ2n) is 3.34. The fourth-order valence-corrected chi connectivity index (χ4v) is 1.77. The van der Waals surface area contributed by atoms with E-state index in [4.69, 9.17) is 10.5 Å². The van der Waals surface area contributed by atoms with Crippen LogP contribution in [0.2, 0.25) is 0 Å². The minimum absolute atomic E-state index is 0.232. The van der Waals surface area contributed by atoms with E-state index in [1.807, 2.05) is 30.2 Å². The smallest absolute Gasteiger partial charge is 0.100 e. The lowest BCUT2D eigenvalue weighted by atomic mass is 10.1. The Morgan fingerprint density at radius 2 is 2.20 bits per heavy atom. The molecular formula is C12H12N2O. The first-order chi connectivity index (χ1) is 8.43. The van der Waals surface area contributed by atoms with Crippen molar-refractivity contribution < 1.29 is 4.11 Å². The molecular weight excluding hydrogens is 188 g/mol. The Hall–Kier alpha value is -1.82.